The highest BCUT2D eigenvalue weighted by atomic mass is 127. The second-order valence-corrected chi connectivity index (χ2v) is 7.63. The number of carbonyl (C=O) groups excluding carboxylic acids is 1. The number of alkyl carbamates (subject to hydrolysis) is 1. The number of benzene rings is 1. The molecule has 1 amide bonds. The van der Waals surface area contributed by atoms with Gasteiger partial charge in [-0.2, -0.15) is 0 Å². The lowest BCUT2D eigenvalue weighted by Crippen LogP contribution is -2.53. The fourth-order valence-corrected chi connectivity index (χ4v) is 3.68. The Balaban J connectivity index is 0.00000320. The minimum Gasteiger partial charge on any atom is -0.450 e. The van der Waals surface area contributed by atoms with Crippen molar-refractivity contribution in [3.63, 3.8) is 0 Å². The minimum atomic E-state index is -0.377. The molecule has 0 bridgehead atoms. The number of hydrogen-bond acceptors (Lipinski definition) is 4. The first-order chi connectivity index (χ1) is 14.0. The van der Waals surface area contributed by atoms with Gasteiger partial charge in [0.05, 0.1) is 25.3 Å². The summed E-state index contributed by atoms with van der Waals surface area (Å²) in [6.07, 6.45) is 1.69. The van der Waals surface area contributed by atoms with Gasteiger partial charge in [-0.1, -0.05) is 12.1 Å². The molecule has 1 aliphatic carbocycles. The number of halogens is 2. The third-order valence-electron chi connectivity index (χ3n) is 5.26. The van der Waals surface area contributed by atoms with Crippen molar-refractivity contribution in [1.29, 1.82) is 0 Å². The Hall–Kier alpha value is -1.62. The SMILES string of the molecule is CCOC(=O)NC(CNC(=NC)N1CC(C)OC(c2ccc(F)cc2)C1)C1CC1.I. The standard InChI is InChI=1S/C21H31FN4O3.HI/c1-4-28-21(27)25-18(15-5-6-15)11-24-20(23-3)26-12-14(2)29-19(13-26)16-7-9-17(22)10-8-16;/h7-10,14-15,18-19H,4-6,11-13H2,1-3H3,(H,23,24)(H,25,27);1H. The number of amides is 1. The molecule has 1 aromatic rings. The van der Waals surface area contributed by atoms with Crippen molar-refractivity contribution in [2.75, 3.05) is 33.3 Å². The van der Waals surface area contributed by atoms with Crippen LogP contribution in [0.4, 0.5) is 9.18 Å². The van der Waals surface area contributed by atoms with Crippen LogP contribution in [0.1, 0.15) is 38.4 Å². The molecule has 7 nitrogen and oxygen atoms in total. The molecule has 1 heterocycles. The Morgan fingerprint density at radius 3 is 2.63 bits per heavy atom. The molecule has 3 atom stereocenters. The van der Waals surface area contributed by atoms with E-state index < -0.39 is 0 Å². The van der Waals surface area contributed by atoms with Gasteiger partial charge in [0.2, 0.25) is 0 Å². The summed E-state index contributed by atoms with van der Waals surface area (Å²) in [5.41, 5.74) is 0.943. The zero-order valence-corrected chi connectivity index (χ0v) is 20.1. The van der Waals surface area contributed by atoms with Crippen molar-refractivity contribution in [3.05, 3.63) is 35.6 Å². The van der Waals surface area contributed by atoms with E-state index in [1.54, 1.807) is 26.1 Å². The maximum atomic E-state index is 13.3. The van der Waals surface area contributed by atoms with Gasteiger partial charge in [0.15, 0.2) is 5.96 Å². The van der Waals surface area contributed by atoms with E-state index in [1.807, 2.05) is 6.92 Å². The van der Waals surface area contributed by atoms with Crippen LogP contribution in [0.2, 0.25) is 0 Å². The second-order valence-electron chi connectivity index (χ2n) is 7.63. The fourth-order valence-electron chi connectivity index (χ4n) is 3.68. The van der Waals surface area contributed by atoms with E-state index in [9.17, 15) is 9.18 Å². The van der Waals surface area contributed by atoms with E-state index in [0.717, 1.165) is 24.4 Å². The van der Waals surface area contributed by atoms with Gasteiger partial charge in [-0.15, -0.1) is 24.0 Å². The number of carbonyl (C=O) groups is 1. The number of nitrogens with zero attached hydrogens (tertiary/aromatic N) is 2. The van der Waals surface area contributed by atoms with Crippen LogP contribution in [-0.2, 0) is 9.47 Å². The minimum absolute atomic E-state index is 0. The van der Waals surface area contributed by atoms with Gasteiger partial charge in [0.25, 0.3) is 0 Å². The summed E-state index contributed by atoms with van der Waals surface area (Å²) in [6, 6.07) is 6.45. The highest BCUT2D eigenvalue weighted by Gasteiger charge is 2.34. The molecule has 168 valence electrons. The smallest absolute Gasteiger partial charge is 0.407 e. The number of rotatable bonds is 6. The van der Waals surface area contributed by atoms with Crippen LogP contribution in [0.25, 0.3) is 0 Å². The lowest BCUT2D eigenvalue weighted by atomic mass is 10.1. The Morgan fingerprint density at radius 1 is 1.33 bits per heavy atom. The molecule has 1 saturated heterocycles. The number of ether oxygens (including phenoxy) is 2. The number of guanidine groups is 1. The molecule has 9 heteroatoms. The van der Waals surface area contributed by atoms with Crippen LogP contribution < -0.4 is 10.6 Å². The third-order valence-corrected chi connectivity index (χ3v) is 5.26. The van der Waals surface area contributed by atoms with Crippen molar-refractivity contribution in [2.24, 2.45) is 10.9 Å². The van der Waals surface area contributed by atoms with Crippen LogP contribution in [0.3, 0.4) is 0 Å². The van der Waals surface area contributed by atoms with Gasteiger partial charge < -0.3 is 25.0 Å². The predicted octanol–water partition coefficient (Wildman–Crippen LogP) is 3.31. The molecule has 30 heavy (non-hydrogen) atoms. The second kappa shape index (κ2) is 11.7. The summed E-state index contributed by atoms with van der Waals surface area (Å²) in [5.74, 6) is 0.983. The molecule has 3 rings (SSSR count). The first-order valence-electron chi connectivity index (χ1n) is 10.3. The van der Waals surface area contributed by atoms with Crippen molar-refractivity contribution in [1.82, 2.24) is 15.5 Å². The maximum absolute atomic E-state index is 13.3. The summed E-state index contributed by atoms with van der Waals surface area (Å²) >= 11 is 0. The molecule has 2 N–H and O–H groups in total. The van der Waals surface area contributed by atoms with Gasteiger partial charge >= 0.3 is 6.09 Å². The molecule has 0 radical (unpaired) electrons. The maximum Gasteiger partial charge on any atom is 0.407 e. The summed E-state index contributed by atoms with van der Waals surface area (Å²) in [6.45, 7) is 6.08. The molecule has 1 saturated carbocycles. The third kappa shape index (κ3) is 6.97. The molecular formula is C21H32FIN4O3. The van der Waals surface area contributed by atoms with Crippen molar-refractivity contribution >= 4 is 36.0 Å². The van der Waals surface area contributed by atoms with Crippen LogP contribution in [-0.4, -0.2) is 62.4 Å². The van der Waals surface area contributed by atoms with Crippen LogP contribution in [0.5, 0.6) is 0 Å². The summed E-state index contributed by atoms with van der Waals surface area (Å²) < 4.78 is 24.3. The summed E-state index contributed by atoms with van der Waals surface area (Å²) in [4.78, 5) is 18.4. The zero-order chi connectivity index (χ0) is 20.8. The van der Waals surface area contributed by atoms with Gasteiger partial charge in [-0.25, -0.2) is 9.18 Å². The quantitative estimate of drug-likeness (QED) is 0.333. The van der Waals surface area contributed by atoms with Gasteiger partial charge in [-0.05, 0) is 50.3 Å². The molecular weight excluding hydrogens is 502 g/mol. The van der Waals surface area contributed by atoms with Gasteiger partial charge in [0.1, 0.15) is 11.9 Å². The van der Waals surface area contributed by atoms with E-state index in [2.05, 4.69) is 20.5 Å². The van der Waals surface area contributed by atoms with E-state index in [4.69, 9.17) is 9.47 Å². The molecule has 0 aromatic heterocycles. The number of hydrogen-bond donors (Lipinski definition) is 2. The normalized spacial score (nSPS) is 22.7. The highest BCUT2D eigenvalue weighted by Crippen LogP contribution is 2.32. The Morgan fingerprint density at radius 2 is 2.03 bits per heavy atom. The largest absolute Gasteiger partial charge is 0.450 e. The fraction of sp³-hybridized carbons (Fsp3) is 0.619. The molecule has 0 spiro atoms. The molecule has 2 fully saturated rings. The Bertz CT molecular complexity index is 715. The highest BCUT2D eigenvalue weighted by molar-refractivity contribution is 14.0. The van der Waals surface area contributed by atoms with E-state index in [1.165, 1.54) is 12.1 Å². The summed E-state index contributed by atoms with van der Waals surface area (Å²) in [5, 5.41) is 6.35. The molecule has 3 unspecified atom stereocenters. The van der Waals surface area contributed by atoms with Crippen LogP contribution in [0, 0.1) is 11.7 Å². The Labute approximate surface area is 194 Å². The van der Waals surface area contributed by atoms with Crippen molar-refractivity contribution in [2.45, 2.75) is 44.9 Å². The predicted molar refractivity (Wildman–Crippen MR) is 125 cm³/mol. The molecule has 1 aliphatic heterocycles. The molecule has 2 aliphatic rings. The lowest BCUT2D eigenvalue weighted by molar-refractivity contribution is -0.0605. The van der Waals surface area contributed by atoms with Crippen molar-refractivity contribution < 1.29 is 18.7 Å². The van der Waals surface area contributed by atoms with E-state index >= 15 is 0 Å². The average Bonchev–Trinajstić information content (AvgIpc) is 3.53. The first kappa shape index (κ1) is 24.6. The zero-order valence-electron chi connectivity index (χ0n) is 17.8. The summed E-state index contributed by atoms with van der Waals surface area (Å²) in [7, 11) is 1.75. The molecule has 1 aromatic carbocycles. The van der Waals surface area contributed by atoms with Gasteiger partial charge in [-0.3, -0.25) is 4.99 Å². The monoisotopic (exact) mass is 534 g/mol. The number of nitrogens with one attached hydrogen (secondary N) is 2. The van der Waals surface area contributed by atoms with Gasteiger partial charge in [0, 0.05) is 20.1 Å². The van der Waals surface area contributed by atoms with E-state index in [0.29, 0.717) is 32.2 Å². The number of morpholine rings is 1. The first-order valence-corrected chi connectivity index (χ1v) is 10.3. The average molecular weight is 534 g/mol. The van der Waals surface area contributed by atoms with Crippen LogP contribution in [0.15, 0.2) is 29.3 Å². The lowest BCUT2D eigenvalue weighted by Gasteiger charge is -2.39. The van der Waals surface area contributed by atoms with Crippen molar-refractivity contribution in [3.8, 4) is 0 Å². The topological polar surface area (TPSA) is 75.2 Å². The van der Waals surface area contributed by atoms with Crippen LogP contribution >= 0.6 is 24.0 Å². The van der Waals surface area contributed by atoms with E-state index in [-0.39, 0.29) is 54.1 Å². The number of aliphatic imine (C=N–C) groups is 1. The Kier molecular flexibility index (Phi) is 9.60.